The molecule has 1 aromatic carbocycles. The van der Waals surface area contributed by atoms with Crippen LogP contribution in [0.2, 0.25) is 0 Å². The molecule has 0 fully saturated rings. The van der Waals surface area contributed by atoms with Crippen LogP contribution in [0.1, 0.15) is 5.01 Å². The van der Waals surface area contributed by atoms with Gasteiger partial charge in [0.15, 0.2) is 5.01 Å². The largest absolute Gasteiger partial charge is 0.443 e. The summed E-state index contributed by atoms with van der Waals surface area (Å²) in [6.07, 6.45) is -4.37. The molecule has 0 aliphatic rings. The van der Waals surface area contributed by atoms with E-state index in [0.29, 0.717) is 22.6 Å². The zero-order chi connectivity index (χ0) is 11.8. The Bertz CT molecular complexity index is 507. The lowest BCUT2D eigenvalue weighted by atomic mass is 10.2. The third kappa shape index (κ3) is 2.27. The average Bonchev–Trinajstić information content (AvgIpc) is 2.66. The first-order valence-corrected chi connectivity index (χ1v) is 5.93. The monoisotopic (exact) mass is 307 g/mol. The molecule has 0 aliphatic heterocycles. The highest BCUT2D eigenvalue weighted by atomic mass is 79.9. The third-order valence-electron chi connectivity index (χ3n) is 1.90. The van der Waals surface area contributed by atoms with Gasteiger partial charge in [-0.15, -0.1) is 11.3 Å². The Kier molecular flexibility index (Phi) is 3.03. The molecule has 0 N–H and O–H groups in total. The Morgan fingerprint density at radius 1 is 1.19 bits per heavy atom. The van der Waals surface area contributed by atoms with Crippen LogP contribution in [0.5, 0.6) is 0 Å². The second-order valence-corrected chi connectivity index (χ2v) is 4.73. The van der Waals surface area contributed by atoms with E-state index in [2.05, 4.69) is 20.9 Å². The summed E-state index contributed by atoms with van der Waals surface area (Å²) >= 11 is 3.88. The van der Waals surface area contributed by atoms with E-state index in [0.717, 1.165) is 4.47 Å². The maximum atomic E-state index is 12.4. The molecular weight excluding hydrogens is 303 g/mol. The summed E-state index contributed by atoms with van der Waals surface area (Å²) in [6.45, 7) is 0. The van der Waals surface area contributed by atoms with Crippen molar-refractivity contribution in [2.45, 2.75) is 6.18 Å². The van der Waals surface area contributed by atoms with Crippen LogP contribution in [0.25, 0.3) is 11.3 Å². The molecule has 1 nitrogen and oxygen atoms in total. The number of aromatic nitrogens is 1. The van der Waals surface area contributed by atoms with Crippen molar-refractivity contribution in [3.8, 4) is 11.3 Å². The first-order chi connectivity index (χ1) is 7.48. The van der Waals surface area contributed by atoms with Crippen LogP contribution in [0.3, 0.4) is 0 Å². The molecule has 0 amide bonds. The number of halogens is 4. The fraction of sp³-hybridized carbons (Fsp3) is 0.100. The molecule has 2 rings (SSSR count). The molecular formula is C10H5BrF3NS. The number of rotatable bonds is 1. The van der Waals surface area contributed by atoms with E-state index >= 15 is 0 Å². The highest BCUT2D eigenvalue weighted by molar-refractivity contribution is 9.10. The van der Waals surface area contributed by atoms with Crippen molar-refractivity contribution in [2.24, 2.45) is 0 Å². The fourth-order valence-corrected chi connectivity index (χ4v) is 2.37. The summed E-state index contributed by atoms with van der Waals surface area (Å²) in [5, 5.41) is 0.585. The lowest BCUT2D eigenvalue weighted by Gasteiger charge is -2.01. The molecule has 6 heteroatoms. The number of alkyl halides is 3. The van der Waals surface area contributed by atoms with Crippen LogP contribution in [0.15, 0.2) is 34.1 Å². The van der Waals surface area contributed by atoms with Crippen molar-refractivity contribution in [3.05, 3.63) is 39.1 Å². The van der Waals surface area contributed by atoms with Gasteiger partial charge in [0.05, 0.1) is 5.69 Å². The van der Waals surface area contributed by atoms with Crippen LogP contribution in [0.4, 0.5) is 13.2 Å². The summed E-state index contributed by atoms with van der Waals surface area (Å²) in [6, 6.07) is 7.04. The van der Waals surface area contributed by atoms with E-state index < -0.39 is 11.2 Å². The molecule has 0 aliphatic carbocycles. The van der Waals surface area contributed by atoms with Gasteiger partial charge in [0.2, 0.25) is 0 Å². The molecule has 16 heavy (non-hydrogen) atoms. The van der Waals surface area contributed by atoms with Crippen LogP contribution >= 0.6 is 27.3 Å². The van der Waals surface area contributed by atoms with Gasteiger partial charge in [-0.1, -0.05) is 34.1 Å². The van der Waals surface area contributed by atoms with Gasteiger partial charge in [-0.25, -0.2) is 4.98 Å². The van der Waals surface area contributed by atoms with E-state index in [1.165, 1.54) is 5.38 Å². The number of nitrogens with zero attached hydrogens (tertiary/aromatic N) is 1. The molecule has 0 unspecified atom stereocenters. The van der Waals surface area contributed by atoms with Gasteiger partial charge >= 0.3 is 6.18 Å². The molecule has 0 spiro atoms. The van der Waals surface area contributed by atoms with E-state index in [-0.39, 0.29) is 0 Å². The first kappa shape index (κ1) is 11.6. The topological polar surface area (TPSA) is 12.9 Å². The van der Waals surface area contributed by atoms with Crippen LogP contribution in [-0.2, 0) is 6.18 Å². The number of hydrogen-bond acceptors (Lipinski definition) is 2. The zero-order valence-corrected chi connectivity index (χ0v) is 10.2. The zero-order valence-electron chi connectivity index (χ0n) is 7.75. The second-order valence-electron chi connectivity index (χ2n) is 3.02. The summed E-state index contributed by atoms with van der Waals surface area (Å²) in [7, 11) is 0. The Morgan fingerprint density at radius 2 is 1.88 bits per heavy atom. The SMILES string of the molecule is FC(F)(F)c1nc(-c2ccccc2Br)cs1. The lowest BCUT2D eigenvalue weighted by molar-refractivity contribution is -0.137. The van der Waals surface area contributed by atoms with Crippen molar-refractivity contribution in [3.63, 3.8) is 0 Å². The first-order valence-electron chi connectivity index (χ1n) is 4.26. The van der Waals surface area contributed by atoms with Gasteiger partial charge in [0.25, 0.3) is 0 Å². The Balaban J connectivity index is 2.44. The summed E-state index contributed by atoms with van der Waals surface area (Å²) in [4.78, 5) is 3.58. The van der Waals surface area contributed by atoms with Crippen molar-refractivity contribution < 1.29 is 13.2 Å². The molecule has 0 saturated heterocycles. The van der Waals surface area contributed by atoms with Gasteiger partial charge in [0, 0.05) is 15.4 Å². The molecule has 2 aromatic rings. The van der Waals surface area contributed by atoms with Crippen molar-refractivity contribution in [1.82, 2.24) is 4.98 Å². The molecule has 0 atom stereocenters. The van der Waals surface area contributed by atoms with Gasteiger partial charge in [0.1, 0.15) is 0 Å². The van der Waals surface area contributed by atoms with Crippen molar-refractivity contribution in [2.75, 3.05) is 0 Å². The van der Waals surface area contributed by atoms with Gasteiger partial charge in [-0.3, -0.25) is 0 Å². The molecule has 0 bridgehead atoms. The van der Waals surface area contributed by atoms with Crippen LogP contribution in [0, 0.1) is 0 Å². The quantitative estimate of drug-likeness (QED) is 0.751. The molecule has 1 aromatic heterocycles. The minimum absolute atomic E-state index is 0.338. The molecule has 0 saturated carbocycles. The fourth-order valence-electron chi connectivity index (χ4n) is 1.20. The van der Waals surface area contributed by atoms with E-state index in [1.54, 1.807) is 24.3 Å². The Labute approximate surface area is 102 Å². The second kappa shape index (κ2) is 4.18. The highest BCUT2D eigenvalue weighted by Crippen LogP contribution is 2.35. The summed E-state index contributed by atoms with van der Waals surface area (Å²) in [5.41, 5.74) is 0.999. The van der Waals surface area contributed by atoms with E-state index in [9.17, 15) is 13.2 Å². The number of thiazole rings is 1. The van der Waals surface area contributed by atoms with Crippen molar-refractivity contribution in [1.29, 1.82) is 0 Å². The smallest absolute Gasteiger partial charge is 0.232 e. The van der Waals surface area contributed by atoms with E-state index in [1.807, 2.05) is 0 Å². The standard InChI is InChI=1S/C10H5BrF3NS/c11-7-4-2-1-3-6(7)8-5-16-9(15-8)10(12,13)14/h1-5H. The molecule has 84 valence electrons. The van der Waals surface area contributed by atoms with Gasteiger partial charge in [-0.05, 0) is 6.07 Å². The highest BCUT2D eigenvalue weighted by Gasteiger charge is 2.34. The van der Waals surface area contributed by atoms with Gasteiger partial charge < -0.3 is 0 Å². The number of benzene rings is 1. The predicted octanol–water partition coefficient (Wildman–Crippen LogP) is 4.59. The minimum Gasteiger partial charge on any atom is -0.232 e. The average molecular weight is 308 g/mol. The maximum absolute atomic E-state index is 12.4. The molecule has 1 heterocycles. The molecule has 0 radical (unpaired) electrons. The van der Waals surface area contributed by atoms with Crippen molar-refractivity contribution >= 4 is 27.3 Å². The third-order valence-corrected chi connectivity index (χ3v) is 3.48. The van der Waals surface area contributed by atoms with Crippen LogP contribution < -0.4 is 0 Å². The lowest BCUT2D eigenvalue weighted by Crippen LogP contribution is -2.03. The number of hydrogen-bond donors (Lipinski definition) is 0. The summed E-state index contributed by atoms with van der Waals surface area (Å²) < 4.78 is 37.8. The van der Waals surface area contributed by atoms with Crippen LogP contribution in [-0.4, -0.2) is 4.98 Å². The van der Waals surface area contributed by atoms with E-state index in [4.69, 9.17) is 0 Å². The Hall–Kier alpha value is -0.880. The Morgan fingerprint density at radius 3 is 2.44 bits per heavy atom. The predicted molar refractivity (Wildman–Crippen MR) is 60.3 cm³/mol. The maximum Gasteiger partial charge on any atom is 0.443 e. The minimum atomic E-state index is -4.37. The summed E-state index contributed by atoms with van der Waals surface area (Å²) in [5.74, 6) is 0. The normalized spacial score (nSPS) is 11.8. The van der Waals surface area contributed by atoms with Gasteiger partial charge in [-0.2, -0.15) is 13.2 Å².